The molecule has 0 spiro atoms. The number of ketones is 1. The summed E-state index contributed by atoms with van der Waals surface area (Å²) in [4.78, 5) is 34.1. The average molecular weight is 625 g/mol. The van der Waals surface area contributed by atoms with Crippen LogP contribution in [0.2, 0.25) is 0 Å². The molecule has 6 heteroatoms. The SMILES string of the molecule is CC(=O)OCC(C)C(=O)C1C=CC(Cc2ccccc2[C-]=O)=CC1.[CH2-]CS.[U+2]. The van der Waals surface area contributed by atoms with Gasteiger partial charge in [-0.05, 0) is 12.8 Å². The molecule has 0 amide bonds. The number of hydrogen-bond acceptors (Lipinski definition) is 5. The predicted octanol–water partition coefficient (Wildman–Crippen LogP) is 3.71. The van der Waals surface area contributed by atoms with Crippen molar-refractivity contribution in [3.63, 3.8) is 0 Å². The average Bonchev–Trinajstić information content (AvgIpc) is 2.67. The van der Waals surface area contributed by atoms with Gasteiger partial charge in [0.25, 0.3) is 0 Å². The minimum absolute atomic E-state index is 0. The number of benzene rings is 1. The molecule has 1 aliphatic rings. The van der Waals surface area contributed by atoms with Crippen LogP contribution >= 0.6 is 12.6 Å². The van der Waals surface area contributed by atoms with Gasteiger partial charge >= 0.3 is 37.1 Å². The number of thiol groups is 1. The van der Waals surface area contributed by atoms with E-state index in [0.717, 1.165) is 11.1 Å². The Morgan fingerprint density at radius 2 is 2.00 bits per heavy atom. The van der Waals surface area contributed by atoms with Crippen LogP contribution in [0.4, 0.5) is 0 Å². The van der Waals surface area contributed by atoms with Crippen molar-refractivity contribution in [3.05, 3.63) is 66.1 Å². The Kier molecular flexibility index (Phi) is 14.3. The third kappa shape index (κ3) is 9.41. The van der Waals surface area contributed by atoms with Crippen LogP contribution in [-0.2, 0) is 25.5 Å². The number of rotatable bonds is 7. The van der Waals surface area contributed by atoms with E-state index < -0.39 is 0 Å². The van der Waals surface area contributed by atoms with Crippen molar-refractivity contribution in [1.29, 1.82) is 0 Å². The zero-order chi connectivity index (χ0) is 20.2. The fourth-order valence-corrected chi connectivity index (χ4v) is 2.69. The summed E-state index contributed by atoms with van der Waals surface area (Å²) in [6.07, 6.45) is 9.09. The molecule has 2 unspecified atom stereocenters. The molecule has 148 valence electrons. The zero-order valence-electron chi connectivity index (χ0n) is 16.3. The zero-order valence-corrected chi connectivity index (χ0v) is 21.4. The fraction of sp³-hybridized carbons (Fsp3) is 0.364. The summed E-state index contributed by atoms with van der Waals surface area (Å²) in [7, 11) is 0. The van der Waals surface area contributed by atoms with Gasteiger partial charge in [-0.2, -0.15) is 6.07 Å². The minimum atomic E-state index is -0.373. The molecule has 0 saturated heterocycles. The van der Waals surface area contributed by atoms with E-state index in [1.165, 1.54) is 6.92 Å². The maximum absolute atomic E-state index is 12.4. The number of esters is 1. The quantitative estimate of drug-likeness (QED) is 0.286. The molecule has 0 N–H and O–H groups in total. The van der Waals surface area contributed by atoms with Crippen LogP contribution in [0.15, 0.2) is 48.1 Å². The maximum Gasteiger partial charge on any atom is 2.00 e. The van der Waals surface area contributed by atoms with Gasteiger partial charge < -0.3 is 16.5 Å². The Hall–Kier alpha value is -1.09. The number of hydrogen-bond donors (Lipinski definition) is 1. The van der Waals surface area contributed by atoms with Crippen molar-refractivity contribution in [2.45, 2.75) is 26.7 Å². The molecule has 2 atom stereocenters. The van der Waals surface area contributed by atoms with Gasteiger partial charge in [-0.15, -0.1) is 29.0 Å². The molecule has 0 heterocycles. The Balaban J connectivity index is 0.00000171. The number of allylic oxidation sites excluding steroid dienone is 4. The summed E-state index contributed by atoms with van der Waals surface area (Å²) in [6, 6.07) is 7.37. The smallest absolute Gasteiger partial charge is 0.465 e. The normalized spacial score (nSPS) is 15.9. The summed E-state index contributed by atoms with van der Waals surface area (Å²) in [5.41, 5.74) is 2.57. The van der Waals surface area contributed by atoms with E-state index >= 15 is 0 Å². The van der Waals surface area contributed by atoms with Gasteiger partial charge in [0, 0.05) is 18.8 Å². The second-order valence-electron chi connectivity index (χ2n) is 6.25. The van der Waals surface area contributed by atoms with E-state index in [-0.39, 0.29) is 61.3 Å². The van der Waals surface area contributed by atoms with Crippen molar-refractivity contribution in [1.82, 2.24) is 0 Å². The van der Waals surface area contributed by atoms with Crippen molar-refractivity contribution in [2.75, 3.05) is 12.4 Å². The Morgan fingerprint density at radius 3 is 2.54 bits per heavy atom. The maximum atomic E-state index is 12.4. The van der Waals surface area contributed by atoms with Crippen molar-refractivity contribution in [2.24, 2.45) is 11.8 Å². The first-order valence-electron chi connectivity index (χ1n) is 8.83. The molecule has 1 aliphatic carbocycles. The summed E-state index contributed by atoms with van der Waals surface area (Å²) >= 11 is 3.68. The van der Waals surface area contributed by atoms with Crippen LogP contribution in [0, 0.1) is 49.9 Å². The van der Waals surface area contributed by atoms with E-state index in [1.807, 2.05) is 42.7 Å². The monoisotopic (exact) mass is 624 g/mol. The number of carbonyl (C=O) groups is 2. The van der Waals surface area contributed by atoms with E-state index in [0.29, 0.717) is 24.2 Å². The van der Waals surface area contributed by atoms with Gasteiger partial charge in [-0.1, -0.05) is 36.8 Å². The molecule has 1 aromatic carbocycles. The van der Waals surface area contributed by atoms with Gasteiger partial charge in [-0.3, -0.25) is 9.59 Å². The molecule has 1 aromatic rings. The molecule has 0 radical (unpaired) electrons. The van der Waals surface area contributed by atoms with E-state index in [1.54, 1.807) is 13.0 Å². The number of ether oxygens (including phenoxy) is 1. The van der Waals surface area contributed by atoms with Gasteiger partial charge in [-0.25, -0.2) is 12.6 Å². The molecule has 4 nitrogen and oxygen atoms in total. The molecule has 2 rings (SSSR count). The second kappa shape index (κ2) is 14.8. The van der Waals surface area contributed by atoms with Crippen LogP contribution in [-0.4, -0.2) is 30.4 Å². The third-order valence-corrected chi connectivity index (χ3v) is 4.09. The second-order valence-corrected chi connectivity index (χ2v) is 6.69. The predicted molar refractivity (Wildman–Crippen MR) is 110 cm³/mol. The van der Waals surface area contributed by atoms with Crippen LogP contribution in [0.1, 0.15) is 31.4 Å². The summed E-state index contributed by atoms with van der Waals surface area (Å²) < 4.78 is 4.91. The molecule has 0 saturated carbocycles. The molecule has 28 heavy (non-hydrogen) atoms. The Morgan fingerprint density at radius 1 is 1.36 bits per heavy atom. The topological polar surface area (TPSA) is 60.4 Å². The van der Waals surface area contributed by atoms with Gasteiger partial charge in [0.15, 0.2) is 0 Å². The van der Waals surface area contributed by atoms with Gasteiger partial charge in [0.1, 0.15) is 12.4 Å². The van der Waals surface area contributed by atoms with Gasteiger partial charge in [0.05, 0.1) is 6.29 Å². The summed E-state index contributed by atoms with van der Waals surface area (Å²) in [5, 5.41) is 0. The molecule has 0 aromatic heterocycles. The number of Topliss-reactive ketones (excluding diaryl/α,β-unsaturated/α-hetero) is 1. The summed E-state index contributed by atoms with van der Waals surface area (Å²) in [6.45, 7) is 6.58. The largest absolute Gasteiger partial charge is 2.00 e. The first-order chi connectivity index (χ1) is 12.9. The molecule has 0 bridgehead atoms. The van der Waals surface area contributed by atoms with Crippen molar-refractivity contribution in [3.8, 4) is 0 Å². The Labute approximate surface area is 197 Å². The Bertz CT molecular complexity index is 712. The molecule has 0 fully saturated rings. The third-order valence-electron chi connectivity index (χ3n) is 4.09. The van der Waals surface area contributed by atoms with E-state index in [4.69, 9.17) is 4.74 Å². The van der Waals surface area contributed by atoms with Crippen LogP contribution in [0.3, 0.4) is 0 Å². The first kappa shape index (κ1) is 26.9. The van der Waals surface area contributed by atoms with E-state index in [2.05, 4.69) is 19.6 Å². The van der Waals surface area contributed by atoms with Crippen molar-refractivity contribution >= 4 is 30.7 Å². The fourth-order valence-electron chi connectivity index (χ4n) is 2.69. The van der Waals surface area contributed by atoms with E-state index in [9.17, 15) is 14.4 Å². The minimum Gasteiger partial charge on any atom is -0.465 e. The van der Waals surface area contributed by atoms with Crippen LogP contribution < -0.4 is 0 Å². The molecule has 0 aliphatic heterocycles. The molecular formula is C22H26O4SU. The van der Waals surface area contributed by atoms with Crippen LogP contribution in [0.5, 0.6) is 0 Å². The van der Waals surface area contributed by atoms with Gasteiger partial charge in [0.2, 0.25) is 0 Å². The first-order valence-corrected chi connectivity index (χ1v) is 9.46. The standard InChI is InChI=1S/C20H21O4.C2H5S.U/c1-14(13-24-15(2)22)20(23)17-9-7-16(8-10-17)11-18-5-3-4-6-19(18)12-21;1-2-3;/h3-9,14,17H,10-11,13H2,1-2H3;3H,1-2H2;/q2*-1;+2. The summed E-state index contributed by atoms with van der Waals surface area (Å²) in [5.74, 6) is -0.109. The number of carbonyl (C=O) groups excluding carboxylic acids is 3. The van der Waals surface area contributed by atoms with Crippen molar-refractivity contribution < 1.29 is 50.2 Å². The van der Waals surface area contributed by atoms with Crippen LogP contribution in [0.25, 0.3) is 0 Å². The molecular weight excluding hydrogens is 598 g/mol.